The van der Waals surface area contributed by atoms with E-state index >= 15 is 0 Å². The van der Waals surface area contributed by atoms with Crippen molar-refractivity contribution in [2.24, 2.45) is 5.73 Å². The first-order chi connectivity index (χ1) is 7.22. The molecule has 2 aromatic heterocycles. The summed E-state index contributed by atoms with van der Waals surface area (Å²) in [6.07, 6.45) is 1.75. The van der Waals surface area contributed by atoms with Gasteiger partial charge in [0.05, 0.1) is 29.4 Å². The predicted molar refractivity (Wildman–Crippen MR) is 60.7 cm³/mol. The molecule has 0 fully saturated rings. The second kappa shape index (κ2) is 4.14. The van der Waals surface area contributed by atoms with E-state index in [1.807, 2.05) is 5.38 Å². The zero-order valence-corrected chi connectivity index (χ0v) is 9.21. The number of nitrogens with one attached hydrogen (secondary N) is 1. The smallest absolute Gasteiger partial charge is 0.125 e. The molecule has 4 N–H and O–H groups in total. The average molecular weight is 223 g/mol. The van der Waals surface area contributed by atoms with Crippen molar-refractivity contribution in [2.75, 3.05) is 6.61 Å². The lowest BCUT2D eigenvalue weighted by atomic mass is 10.2. The van der Waals surface area contributed by atoms with Crippen molar-refractivity contribution < 1.29 is 5.11 Å². The molecule has 0 aliphatic carbocycles. The fraction of sp³-hybridized carbons (Fsp3) is 0.300. The van der Waals surface area contributed by atoms with Gasteiger partial charge in [0.2, 0.25) is 0 Å². The highest BCUT2D eigenvalue weighted by Crippen LogP contribution is 2.27. The Labute approximate surface area is 91.8 Å². The van der Waals surface area contributed by atoms with Crippen molar-refractivity contribution in [3.05, 3.63) is 29.0 Å². The molecule has 1 unspecified atom stereocenters. The van der Waals surface area contributed by atoms with E-state index in [0.29, 0.717) is 5.82 Å². The molecule has 0 amide bonds. The molecule has 4 nitrogen and oxygen atoms in total. The molecule has 0 saturated carbocycles. The molecule has 0 bridgehead atoms. The van der Waals surface area contributed by atoms with E-state index in [4.69, 9.17) is 10.8 Å². The molecule has 0 aliphatic heterocycles. The quantitative estimate of drug-likeness (QED) is 0.737. The number of hydrogen-bond acceptors (Lipinski definition) is 4. The number of H-pyrrole nitrogens is 1. The zero-order valence-electron chi connectivity index (χ0n) is 8.40. The lowest BCUT2D eigenvalue weighted by Gasteiger charge is -2.02. The Hall–Kier alpha value is -1.17. The third-order valence-corrected chi connectivity index (χ3v) is 3.30. The van der Waals surface area contributed by atoms with Crippen LogP contribution in [0.2, 0.25) is 0 Å². The van der Waals surface area contributed by atoms with Crippen LogP contribution in [-0.4, -0.2) is 21.7 Å². The molecule has 0 aromatic carbocycles. The minimum atomic E-state index is -0.431. The summed E-state index contributed by atoms with van der Waals surface area (Å²) < 4.78 is 0. The predicted octanol–water partition coefficient (Wildman–Crippen LogP) is 1.44. The molecule has 0 spiro atoms. The SMILES string of the molecule is Cc1ccsc1-c1cnc(C(N)CO)[nH]1. The van der Waals surface area contributed by atoms with E-state index in [2.05, 4.69) is 23.0 Å². The molecule has 15 heavy (non-hydrogen) atoms. The fourth-order valence-corrected chi connectivity index (χ4v) is 2.27. The van der Waals surface area contributed by atoms with Gasteiger partial charge in [0, 0.05) is 0 Å². The first-order valence-corrected chi connectivity index (χ1v) is 5.56. The van der Waals surface area contributed by atoms with E-state index < -0.39 is 6.04 Å². The molecule has 1 atom stereocenters. The van der Waals surface area contributed by atoms with Crippen LogP contribution in [0.15, 0.2) is 17.6 Å². The summed E-state index contributed by atoms with van der Waals surface area (Å²) in [5.74, 6) is 0.625. The molecule has 2 aromatic rings. The Kier molecular flexibility index (Phi) is 2.86. The Balaban J connectivity index is 2.32. The first kappa shape index (κ1) is 10.4. The fourth-order valence-electron chi connectivity index (χ4n) is 1.38. The first-order valence-electron chi connectivity index (χ1n) is 4.68. The van der Waals surface area contributed by atoms with E-state index in [-0.39, 0.29) is 6.61 Å². The number of aromatic amines is 1. The van der Waals surface area contributed by atoms with Crippen LogP contribution in [-0.2, 0) is 0 Å². The molecule has 2 rings (SSSR count). The van der Waals surface area contributed by atoms with Gasteiger partial charge >= 0.3 is 0 Å². The van der Waals surface area contributed by atoms with E-state index in [1.165, 1.54) is 10.4 Å². The Bertz CT molecular complexity index is 449. The van der Waals surface area contributed by atoms with Crippen LogP contribution in [0.3, 0.4) is 0 Å². The molecule has 0 radical (unpaired) electrons. The van der Waals surface area contributed by atoms with Crippen LogP contribution in [0.25, 0.3) is 10.6 Å². The summed E-state index contributed by atoms with van der Waals surface area (Å²) in [6, 6.07) is 1.63. The van der Waals surface area contributed by atoms with Crippen molar-refractivity contribution in [3.8, 4) is 10.6 Å². The molecular weight excluding hydrogens is 210 g/mol. The van der Waals surface area contributed by atoms with Gasteiger partial charge in [-0.25, -0.2) is 4.98 Å². The van der Waals surface area contributed by atoms with Gasteiger partial charge in [-0.05, 0) is 23.9 Å². The second-order valence-corrected chi connectivity index (χ2v) is 4.32. The third-order valence-electron chi connectivity index (χ3n) is 2.25. The number of nitrogens with zero attached hydrogens (tertiary/aromatic N) is 1. The van der Waals surface area contributed by atoms with E-state index in [9.17, 15) is 0 Å². The van der Waals surface area contributed by atoms with E-state index in [0.717, 1.165) is 5.69 Å². The number of rotatable bonds is 3. The van der Waals surface area contributed by atoms with Crippen molar-refractivity contribution in [1.82, 2.24) is 9.97 Å². The highest BCUT2D eigenvalue weighted by atomic mass is 32.1. The van der Waals surface area contributed by atoms with Crippen LogP contribution in [0.5, 0.6) is 0 Å². The minimum Gasteiger partial charge on any atom is -0.394 e. The maximum Gasteiger partial charge on any atom is 0.125 e. The van der Waals surface area contributed by atoms with Crippen LogP contribution in [0.4, 0.5) is 0 Å². The molecule has 5 heteroatoms. The number of thiophene rings is 1. The van der Waals surface area contributed by atoms with Gasteiger partial charge in [0.1, 0.15) is 5.82 Å². The van der Waals surface area contributed by atoms with Crippen LogP contribution in [0, 0.1) is 6.92 Å². The lowest BCUT2D eigenvalue weighted by Crippen LogP contribution is -2.15. The summed E-state index contributed by atoms with van der Waals surface area (Å²) in [6.45, 7) is 1.95. The summed E-state index contributed by atoms with van der Waals surface area (Å²) in [4.78, 5) is 8.44. The Morgan fingerprint density at radius 2 is 2.47 bits per heavy atom. The van der Waals surface area contributed by atoms with Gasteiger partial charge in [-0.2, -0.15) is 0 Å². The summed E-state index contributed by atoms with van der Waals surface area (Å²) >= 11 is 1.66. The zero-order chi connectivity index (χ0) is 10.8. The number of aliphatic hydroxyl groups excluding tert-OH is 1. The monoisotopic (exact) mass is 223 g/mol. The molecule has 0 saturated heterocycles. The summed E-state index contributed by atoms with van der Waals surface area (Å²) in [7, 11) is 0. The third kappa shape index (κ3) is 1.94. The lowest BCUT2D eigenvalue weighted by molar-refractivity contribution is 0.264. The summed E-state index contributed by atoms with van der Waals surface area (Å²) in [5, 5.41) is 10.9. The van der Waals surface area contributed by atoms with Crippen molar-refractivity contribution >= 4 is 11.3 Å². The number of imidazole rings is 1. The topological polar surface area (TPSA) is 74.9 Å². The molecule has 0 aliphatic rings. The van der Waals surface area contributed by atoms with Gasteiger partial charge < -0.3 is 15.8 Å². The highest BCUT2D eigenvalue weighted by molar-refractivity contribution is 7.13. The number of aryl methyl sites for hydroxylation is 1. The van der Waals surface area contributed by atoms with Crippen molar-refractivity contribution in [3.63, 3.8) is 0 Å². The van der Waals surface area contributed by atoms with Gasteiger partial charge in [0.25, 0.3) is 0 Å². The largest absolute Gasteiger partial charge is 0.394 e. The van der Waals surface area contributed by atoms with Crippen LogP contribution >= 0.6 is 11.3 Å². The maximum atomic E-state index is 8.90. The van der Waals surface area contributed by atoms with E-state index in [1.54, 1.807) is 17.5 Å². The van der Waals surface area contributed by atoms with Gasteiger partial charge in [-0.15, -0.1) is 11.3 Å². The minimum absolute atomic E-state index is 0.101. The highest BCUT2D eigenvalue weighted by Gasteiger charge is 2.11. The number of aliphatic hydroxyl groups is 1. The number of hydrogen-bond donors (Lipinski definition) is 3. The maximum absolute atomic E-state index is 8.90. The second-order valence-electron chi connectivity index (χ2n) is 3.40. The normalized spacial score (nSPS) is 13.0. The van der Waals surface area contributed by atoms with Crippen LogP contribution < -0.4 is 5.73 Å². The standard InChI is InChI=1S/C10H13N3OS/c1-6-2-3-15-9(6)8-4-12-10(13-8)7(11)5-14/h2-4,7,14H,5,11H2,1H3,(H,12,13). The van der Waals surface area contributed by atoms with Gasteiger partial charge in [-0.1, -0.05) is 0 Å². The summed E-state index contributed by atoms with van der Waals surface area (Å²) in [5.41, 5.74) is 7.83. The Morgan fingerprint density at radius 1 is 1.67 bits per heavy atom. The number of aromatic nitrogens is 2. The Morgan fingerprint density at radius 3 is 3.07 bits per heavy atom. The molecule has 2 heterocycles. The van der Waals surface area contributed by atoms with Gasteiger partial charge in [-0.3, -0.25) is 0 Å². The van der Waals surface area contributed by atoms with Crippen molar-refractivity contribution in [1.29, 1.82) is 0 Å². The van der Waals surface area contributed by atoms with Crippen molar-refractivity contribution in [2.45, 2.75) is 13.0 Å². The van der Waals surface area contributed by atoms with Gasteiger partial charge in [0.15, 0.2) is 0 Å². The van der Waals surface area contributed by atoms with Crippen LogP contribution in [0.1, 0.15) is 17.4 Å². The average Bonchev–Trinajstić information content (AvgIpc) is 2.84. The molecule has 80 valence electrons. The number of nitrogens with two attached hydrogens (primary N) is 1. The molecular formula is C10H13N3OS.